The number of rotatable bonds is 8. The van der Waals surface area contributed by atoms with Crippen LogP contribution in [-0.4, -0.2) is 44.9 Å². The molecular weight excluding hydrogens is 430 g/mol. The summed E-state index contributed by atoms with van der Waals surface area (Å²) in [5.74, 6) is 0.0196. The molecule has 0 fully saturated rings. The molecule has 4 aromatic rings. The number of amides is 1. The lowest BCUT2D eigenvalue weighted by molar-refractivity contribution is 0.102. The van der Waals surface area contributed by atoms with Crippen LogP contribution in [0.4, 0.5) is 5.13 Å². The van der Waals surface area contributed by atoms with Gasteiger partial charge in [-0.05, 0) is 17.7 Å². The highest BCUT2D eigenvalue weighted by molar-refractivity contribution is 7.18. The normalized spacial score (nSPS) is 11.6. The molecule has 32 heavy (non-hydrogen) atoms. The Balaban J connectivity index is 1.48. The first-order valence-electron chi connectivity index (χ1n) is 9.59. The molecule has 0 aliphatic carbocycles. The van der Waals surface area contributed by atoms with Gasteiger partial charge in [0, 0.05) is 30.2 Å². The predicted octanol–water partition coefficient (Wildman–Crippen LogP) is 3.37. The molecule has 0 aliphatic rings. The summed E-state index contributed by atoms with van der Waals surface area (Å²) in [6.07, 6.45) is 4.08. The van der Waals surface area contributed by atoms with Crippen molar-refractivity contribution in [3.8, 4) is 22.2 Å². The van der Waals surface area contributed by atoms with Gasteiger partial charge >= 0.3 is 0 Å². The maximum Gasteiger partial charge on any atom is 0.259 e. The Hall–Kier alpha value is -3.89. The third kappa shape index (κ3) is 4.88. The van der Waals surface area contributed by atoms with Crippen molar-refractivity contribution in [1.82, 2.24) is 20.2 Å². The molecule has 0 unspecified atom stereocenters. The third-order valence-corrected chi connectivity index (χ3v) is 5.35. The van der Waals surface area contributed by atoms with Crippen molar-refractivity contribution in [3.05, 3.63) is 78.2 Å². The van der Waals surface area contributed by atoms with Crippen molar-refractivity contribution in [1.29, 1.82) is 0 Å². The smallest absolute Gasteiger partial charge is 0.259 e. The first-order valence-corrected chi connectivity index (χ1v) is 10.4. The number of hydrogen-bond acceptors (Lipinski definition) is 9. The van der Waals surface area contributed by atoms with Crippen LogP contribution in [0.3, 0.4) is 0 Å². The Morgan fingerprint density at radius 3 is 2.66 bits per heavy atom. The molecule has 0 radical (unpaired) electrons. The summed E-state index contributed by atoms with van der Waals surface area (Å²) in [6, 6.07) is 14.4. The van der Waals surface area contributed by atoms with Crippen LogP contribution in [0.5, 0.6) is 11.6 Å². The number of anilines is 1. The molecule has 1 atom stereocenters. The molecular formula is C22H19N5O4S. The first kappa shape index (κ1) is 21.3. The summed E-state index contributed by atoms with van der Waals surface area (Å²) < 4.78 is 11.2. The highest BCUT2D eigenvalue weighted by atomic mass is 32.1. The molecule has 0 saturated heterocycles. The Bertz CT molecular complexity index is 1190. The zero-order valence-electron chi connectivity index (χ0n) is 17.0. The molecule has 0 aliphatic heterocycles. The topological polar surface area (TPSA) is 119 Å². The van der Waals surface area contributed by atoms with Crippen LogP contribution in [-0.2, 0) is 0 Å². The van der Waals surface area contributed by atoms with Crippen LogP contribution in [0.15, 0.2) is 67.1 Å². The van der Waals surface area contributed by atoms with Gasteiger partial charge in [-0.1, -0.05) is 41.7 Å². The van der Waals surface area contributed by atoms with Gasteiger partial charge in [0.1, 0.15) is 11.1 Å². The molecule has 10 heteroatoms. The fourth-order valence-corrected chi connectivity index (χ4v) is 3.60. The second-order valence-electron chi connectivity index (χ2n) is 6.53. The lowest BCUT2D eigenvalue weighted by Crippen LogP contribution is -2.15. The molecule has 3 aromatic heterocycles. The number of carbonyl (C=O) groups excluding carboxylic acids is 1. The van der Waals surface area contributed by atoms with Crippen molar-refractivity contribution in [2.24, 2.45) is 0 Å². The van der Waals surface area contributed by atoms with Crippen molar-refractivity contribution < 1.29 is 19.4 Å². The van der Waals surface area contributed by atoms with E-state index in [1.165, 1.54) is 30.7 Å². The quantitative estimate of drug-likeness (QED) is 0.420. The van der Waals surface area contributed by atoms with Crippen LogP contribution >= 0.6 is 11.3 Å². The third-order valence-electron chi connectivity index (χ3n) is 4.46. The molecule has 9 nitrogen and oxygen atoms in total. The number of methoxy groups -OCH3 is 1. The number of benzene rings is 1. The minimum absolute atomic E-state index is 0.169. The van der Waals surface area contributed by atoms with E-state index >= 15 is 0 Å². The van der Waals surface area contributed by atoms with Crippen molar-refractivity contribution in [3.63, 3.8) is 0 Å². The van der Waals surface area contributed by atoms with E-state index in [2.05, 4.69) is 25.5 Å². The van der Waals surface area contributed by atoms with Gasteiger partial charge in [0.25, 0.3) is 11.8 Å². The molecule has 162 valence electrons. The summed E-state index contributed by atoms with van der Waals surface area (Å²) in [5.41, 5.74) is 1.91. The zero-order chi connectivity index (χ0) is 22.3. The highest BCUT2D eigenvalue weighted by Crippen LogP contribution is 2.30. The average Bonchev–Trinajstić information content (AvgIpc) is 3.32. The van der Waals surface area contributed by atoms with Gasteiger partial charge < -0.3 is 14.6 Å². The summed E-state index contributed by atoms with van der Waals surface area (Å²) in [7, 11) is 1.45. The van der Waals surface area contributed by atoms with Crippen LogP contribution in [0.1, 0.15) is 22.0 Å². The molecule has 2 N–H and O–H groups in total. The van der Waals surface area contributed by atoms with Gasteiger partial charge in [0.2, 0.25) is 5.13 Å². The van der Waals surface area contributed by atoms with Crippen molar-refractivity contribution >= 4 is 22.4 Å². The van der Waals surface area contributed by atoms with Crippen molar-refractivity contribution in [2.75, 3.05) is 19.0 Å². The number of carbonyl (C=O) groups is 1. The largest absolute Gasteiger partial charge is 0.491 e. The van der Waals surface area contributed by atoms with E-state index in [-0.39, 0.29) is 23.8 Å². The first-order chi connectivity index (χ1) is 15.7. The Morgan fingerprint density at radius 2 is 1.94 bits per heavy atom. The van der Waals surface area contributed by atoms with E-state index in [1.807, 2.05) is 42.5 Å². The number of pyridine rings is 2. The Kier molecular flexibility index (Phi) is 6.63. The number of nitrogens with zero attached hydrogens (tertiary/aromatic N) is 4. The standard InChI is InChI=1S/C22H19N5O4S/c1-30-17-11-16(12-24-20(17)31-18(13-28)14-5-3-2-4-6-14)19(29)25-22-27-26-21(32-22)15-7-9-23-10-8-15/h2-12,18,28H,13H2,1H3,(H,25,27,29)/t18-/m0/s1. The molecule has 0 saturated carbocycles. The number of hydrogen-bond donors (Lipinski definition) is 2. The van der Waals surface area contributed by atoms with Crippen LogP contribution in [0.25, 0.3) is 10.6 Å². The van der Waals surface area contributed by atoms with E-state index in [4.69, 9.17) is 9.47 Å². The Morgan fingerprint density at radius 1 is 1.16 bits per heavy atom. The average molecular weight is 449 g/mol. The maximum atomic E-state index is 12.7. The maximum absolute atomic E-state index is 12.7. The fourth-order valence-electron chi connectivity index (χ4n) is 2.86. The number of aliphatic hydroxyl groups is 1. The van der Waals surface area contributed by atoms with Gasteiger partial charge in [0.05, 0.1) is 19.3 Å². The van der Waals surface area contributed by atoms with Gasteiger partial charge in [-0.25, -0.2) is 4.98 Å². The van der Waals surface area contributed by atoms with E-state index < -0.39 is 12.0 Å². The van der Waals surface area contributed by atoms with E-state index in [0.717, 1.165) is 11.1 Å². The van der Waals surface area contributed by atoms with Gasteiger partial charge in [-0.2, -0.15) is 0 Å². The lowest BCUT2D eigenvalue weighted by atomic mass is 10.1. The molecule has 0 spiro atoms. The predicted molar refractivity (Wildman–Crippen MR) is 119 cm³/mol. The summed E-state index contributed by atoms with van der Waals surface area (Å²) in [6.45, 7) is -0.242. The molecule has 1 aromatic carbocycles. The summed E-state index contributed by atoms with van der Waals surface area (Å²) in [5, 5.41) is 21.6. The molecule has 1 amide bonds. The minimum Gasteiger partial charge on any atom is -0.491 e. The van der Waals surface area contributed by atoms with Gasteiger partial charge in [0.15, 0.2) is 5.75 Å². The second kappa shape index (κ2) is 9.94. The number of nitrogens with one attached hydrogen (secondary N) is 1. The summed E-state index contributed by atoms with van der Waals surface area (Å²) in [4.78, 5) is 20.9. The Labute approximate surface area is 187 Å². The number of aromatic nitrogens is 4. The molecule has 0 bridgehead atoms. The van der Waals surface area contributed by atoms with Crippen LogP contribution in [0, 0.1) is 0 Å². The fraction of sp³-hybridized carbons (Fsp3) is 0.136. The van der Waals surface area contributed by atoms with E-state index in [1.54, 1.807) is 12.4 Å². The van der Waals surface area contributed by atoms with Gasteiger partial charge in [-0.3, -0.25) is 15.1 Å². The zero-order valence-corrected chi connectivity index (χ0v) is 17.8. The monoisotopic (exact) mass is 449 g/mol. The SMILES string of the molecule is COc1cc(C(=O)Nc2nnc(-c3ccncc3)s2)cnc1O[C@@H](CO)c1ccccc1. The summed E-state index contributed by atoms with van der Waals surface area (Å²) >= 11 is 1.25. The van der Waals surface area contributed by atoms with E-state index in [9.17, 15) is 9.90 Å². The highest BCUT2D eigenvalue weighted by Gasteiger charge is 2.19. The number of ether oxygens (including phenoxy) is 2. The lowest BCUT2D eigenvalue weighted by Gasteiger charge is -2.18. The van der Waals surface area contributed by atoms with Crippen LogP contribution < -0.4 is 14.8 Å². The second-order valence-corrected chi connectivity index (χ2v) is 7.51. The minimum atomic E-state index is -0.620. The number of aliphatic hydroxyl groups excluding tert-OH is 1. The van der Waals surface area contributed by atoms with E-state index in [0.29, 0.717) is 10.1 Å². The van der Waals surface area contributed by atoms with Gasteiger partial charge in [-0.15, -0.1) is 10.2 Å². The molecule has 4 rings (SSSR count). The van der Waals surface area contributed by atoms with Crippen molar-refractivity contribution in [2.45, 2.75) is 6.10 Å². The van der Waals surface area contributed by atoms with Crippen LogP contribution in [0.2, 0.25) is 0 Å². The molecule has 3 heterocycles.